The van der Waals surface area contributed by atoms with Gasteiger partial charge in [0.25, 0.3) is 5.91 Å². The fraction of sp³-hybridized carbons (Fsp3) is 0.368. The van der Waals surface area contributed by atoms with Gasteiger partial charge in [-0.25, -0.2) is 5.90 Å². The third-order valence-corrected chi connectivity index (χ3v) is 4.33. The standard InChI is InChI=1S/C17H16N2O3.C2H6.H3NO.H2/c1-9-15-12-7-10(3-4-14(12)22-16(9)15)21-11-5-6-19-13(8-11)17(20)18-2;2*1-2;/h3-9,15-16H,1-2H3,(H,18,20);1-2H3;2H,1H2;1H/t9-,15+,16+;;;/m0.../s1. The minimum absolute atomic E-state index is 0. The molecule has 1 aliphatic heterocycles. The Morgan fingerprint density at radius 2 is 1.96 bits per heavy atom. The van der Waals surface area contributed by atoms with Gasteiger partial charge in [0, 0.05) is 38.1 Å². The van der Waals surface area contributed by atoms with Crippen LogP contribution in [-0.4, -0.2) is 29.3 Å². The Bertz CT molecular complexity index is 772. The van der Waals surface area contributed by atoms with E-state index < -0.39 is 0 Å². The lowest BCUT2D eigenvalue weighted by molar-refractivity contribution is 0.0958. The first kappa shape index (κ1) is 19.7. The van der Waals surface area contributed by atoms with E-state index in [-0.39, 0.29) is 7.33 Å². The second-order valence-electron chi connectivity index (χ2n) is 5.72. The van der Waals surface area contributed by atoms with Crippen LogP contribution >= 0.6 is 0 Å². The quantitative estimate of drug-likeness (QED) is 0.724. The van der Waals surface area contributed by atoms with Crippen molar-refractivity contribution >= 4 is 5.91 Å². The predicted molar refractivity (Wildman–Crippen MR) is 99.9 cm³/mol. The van der Waals surface area contributed by atoms with Gasteiger partial charge in [-0.1, -0.05) is 20.8 Å². The van der Waals surface area contributed by atoms with Crippen molar-refractivity contribution in [3.05, 3.63) is 47.8 Å². The van der Waals surface area contributed by atoms with Gasteiger partial charge < -0.3 is 20.0 Å². The Morgan fingerprint density at radius 1 is 1.27 bits per heavy atom. The molecule has 26 heavy (non-hydrogen) atoms. The maximum atomic E-state index is 11.6. The van der Waals surface area contributed by atoms with E-state index in [1.54, 1.807) is 25.4 Å². The highest BCUT2D eigenvalue weighted by molar-refractivity contribution is 5.92. The minimum atomic E-state index is -0.234. The molecule has 4 N–H and O–H groups in total. The van der Waals surface area contributed by atoms with Crippen LogP contribution in [0.25, 0.3) is 0 Å². The Balaban J connectivity index is 0.000000686. The van der Waals surface area contributed by atoms with Crippen LogP contribution in [0.2, 0.25) is 0 Å². The SMILES string of the molecule is CC.CNC(=O)c1cc(Oc2ccc3c(c2)[C@H]2[C@H](C)[C@H]2O3)ccn1.NO.[HH]. The van der Waals surface area contributed by atoms with Gasteiger partial charge in [-0.2, -0.15) is 0 Å². The Hall–Kier alpha value is -2.64. The molecule has 0 spiro atoms. The van der Waals surface area contributed by atoms with Crippen molar-refractivity contribution in [2.75, 3.05) is 7.05 Å². The first-order valence-corrected chi connectivity index (χ1v) is 8.60. The molecular weight excluding hydrogens is 334 g/mol. The van der Waals surface area contributed by atoms with E-state index in [1.165, 1.54) is 5.56 Å². The number of nitrogens with one attached hydrogen (secondary N) is 1. The maximum Gasteiger partial charge on any atom is 0.269 e. The first-order chi connectivity index (χ1) is 12.7. The smallest absolute Gasteiger partial charge is 0.269 e. The average molecular weight is 361 g/mol. The summed E-state index contributed by atoms with van der Waals surface area (Å²) in [6, 6.07) is 9.23. The summed E-state index contributed by atoms with van der Waals surface area (Å²) in [7, 11) is 1.57. The van der Waals surface area contributed by atoms with E-state index in [4.69, 9.17) is 14.7 Å². The molecule has 2 aromatic rings. The van der Waals surface area contributed by atoms with Gasteiger partial charge in [0.2, 0.25) is 0 Å². The lowest BCUT2D eigenvalue weighted by atomic mass is 10.1. The van der Waals surface area contributed by atoms with Crippen LogP contribution in [0.3, 0.4) is 0 Å². The van der Waals surface area contributed by atoms with Crippen LogP contribution in [0.5, 0.6) is 17.2 Å². The number of carbonyl (C=O) groups excluding carboxylic acids is 1. The number of ether oxygens (including phenoxy) is 2. The number of hydrogen-bond acceptors (Lipinski definition) is 6. The molecule has 7 nitrogen and oxygen atoms in total. The molecule has 0 unspecified atom stereocenters. The molecule has 2 heterocycles. The number of pyridine rings is 1. The molecular formula is C19H27N3O4. The number of fused-ring (bicyclic) bond motifs is 3. The van der Waals surface area contributed by atoms with Crippen LogP contribution < -0.4 is 20.7 Å². The number of rotatable bonds is 3. The van der Waals surface area contributed by atoms with Crippen molar-refractivity contribution in [2.24, 2.45) is 11.8 Å². The topological polar surface area (TPSA) is 107 Å². The average Bonchev–Trinajstić information content (AvgIpc) is 3.16. The fourth-order valence-corrected chi connectivity index (χ4v) is 3.03. The van der Waals surface area contributed by atoms with Crippen molar-refractivity contribution in [2.45, 2.75) is 32.8 Å². The summed E-state index contributed by atoms with van der Waals surface area (Å²) < 4.78 is 11.7. The van der Waals surface area contributed by atoms with E-state index in [0.717, 1.165) is 11.5 Å². The molecule has 7 heteroatoms. The zero-order chi connectivity index (χ0) is 19.3. The summed E-state index contributed by atoms with van der Waals surface area (Å²) >= 11 is 0. The Morgan fingerprint density at radius 3 is 2.65 bits per heavy atom. The molecule has 0 saturated heterocycles. The summed E-state index contributed by atoms with van der Waals surface area (Å²) in [4.78, 5) is 15.6. The molecule has 3 atom stereocenters. The largest absolute Gasteiger partial charge is 0.489 e. The number of nitrogens with zero attached hydrogens (tertiary/aromatic N) is 1. The van der Waals surface area contributed by atoms with Gasteiger partial charge in [0.15, 0.2) is 0 Å². The summed E-state index contributed by atoms with van der Waals surface area (Å²) in [5.41, 5.74) is 1.55. The highest BCUT2D eigenvalue weighted by Gasteiger charge is 2.55. The Labute approximate surface area is 154 Å². The van der Waals surface area contributed by atoms with Crippen molar-refractivity contribution in [3.63, 3.8) is 0 Å². The summed E-state index contributed by atoms with van der Waals surface area (Å²) in [6.45, 7) is 6.20. The van der Waals surface area contributed by atoms with E-state index in [0.29, 0.717) is 29.4 Å². The molecule has 1 aliphatic carbocycles. The molecule has 1 amide bonds. The number of carbonyl (C=O) groups is 1. The molecule has 1 aromatic heterocycles. The van der Waals surface area contributed by atoms with Crippen LogP contribution in [0.4, 0.5) is 0 Å². The maximum absolute atomic E-state index is 11.6. The molecule has 1 aromatic carbocycles. The second kappa shape index (κ2) is 8.64. The van der Waals surface area contributed by atoms with Gasteiger partial charge in [0.1, 0.15) is 29.0 Å². The van der Waals surface area contributed by atoms with Gasteiger partial charge in [0.05, 0.1) is 0 Å². The summed E-state index contributed by atoms with van der Waals surface area (Å²) in [6.07, 6.45) is 1.90. The van der Waals surface area contributed by atoms with E-state index in [1.807, 2.05) is 32.0 Å². The fourth-order valence-electron chi connectivity index (χ4n) is 3.03. The highest BCUT2D eigenvalue weighted by Crippen LogP contribution is 2.58. The number of hydrogen-bond donors (Lipinski definition) is 3. The summed E-state index contributed by atoms with van der Waals surface area (Å²) in [5, 5.41) is 9.05. The number of benzene rings is 1. The number of nitrogens with two attached hydrogens (primary N) is 1. The zero-order valence-corrected chi connectivity index (χ0v) is 15.4. The molecule has 0 radical (unpaired) electrons. The monoisotopic (exact) mass is 361 g/mol. The third kappa shape index (κ3) is 3.79. The van der Waals surface area contributed by atoms with Crippen molar-refractivity contribution in [3.8, 4) is 17.2 Å². The molecule has 2 aliphatic rings. The zero-order valence-electron chi connectivity index (χ0n) is 15.4. The second-order valence-corrected chi connectivity index (χ2v) is 5.72. The predicted octanol–water partition coefficient (Wildman–Crippen LogP) is 3.33. The van der Waals surface area contributed by atoms with Crippen molar-refractivity contribution < 1.29 is 20.9 Å². The molecule has 1 fully saturated rings. The van der Waals surface area contributed by atoms with Gasteiger partial charge >= 0.3 is 0 Å². The Kier molecular flexibility index (Phi) is 6.54. The van der Waals surface area contributed by atoms with Crippen LogP contribution in [0.1, 0.15) is 44.2 Å². The molecule has 4 rings (SSSR count). The van der Waals surface area contributed by atoms with Gasteiger partial charge in [-0.15, -0.1) is 0 Å². The lowest BCUT2D eigenvalue weighted by Gasteiger charge is -2.10. The number of aromatic nitrogens is 1. The minimum Gasteiger partial charge on any atom is -0.489 e. The molecule has 0 bridgehead atoms. The van der Waals surface area contributed by atoms with Crippen molar-refractivity contribution in [1.82, 2.24) is 10.3 Å². The molecule has 142 valence electrons. The normalized spacial score (nSPS) is 20.8. The van der Waals surface area contributed by atoms with Gasteiger partial charge in [-0.3, -0.25) is 9.78 Å². The summed E-state index contributed by atoms with van der Waals surface area (Å²) in [5.74, 6) is 6.65. The molecule has 1 saturated carbocycles. The van der Waals surface area contributed by atoms with E-state index in [9.17, 15) is 4.79 Å². The van der Waals surface area contributed by atoms with E-state index in [2.05, 4.69) is 23.1 Å². The van der Waals surface area contributed by atoms with E-state index >= 15 is 0 Å². The number of amides is 1. The van der Waals surface area contributed by atoms with Gasteiger partial charge in [-0.05, 0) is 24.3 Å². The lowest BCUT2D eigenvalue weighted by Crippen LogP contribution is -2.18. The van der Waals surface area contributed by atoms with Crippen molar-refractivity contribution in [1.29, 1.82) is 0 Å². The highest BCUT2D eigenvalue weighted by atomic mass is 16.5. The van der Waals surface area contributed by atoms with Crippen LogP contribution in [0.15, 0.2) is 36.5 Å². The third-order valence-electron chi connectivity index (χ3n) is 4.33. The van der Waals surface area contributed by atoms with Crippen LogP contribution in [0, 0.1) is 5.92 Å². The first-order valence-electron chi connectivity index (χ1n) is 8.60. The van der Waals surface area contributed by atoms with Crippen LogP contribution in [-0.2, 0) is 0 Å².